The van der Waals surface area contributed by atoms with E-state index in [1.807, 2.05) is 39.1 Å². The number of aromatic nitrogens is 2. The van der Waals surface area contributed by atoms with Crippen LogP contribution in [0.2, 0.25) is 0 Å². The van der Waals surface area contributed by atoms with Crippen molar-refractivity contribution < 1.29 is 10.2 Å². The first-order valence-electron chi connectivity index (χ1n) is 8.50. The second-order valence-corrected chi connectivity index (χ2v) is 6.81. The van der Waals surface area contributed by atoms with Crippen molar-refractivity contribution in [1.29, 1.82) is 0 Å². The van der Waals surface area contributed by atoms with E-state index in [4.69, 9.17) is 0 Å². The molecule has 1 saturated heterocycles. The number of rotatable bonds is 3. The van der Waals surface area contributed by atoms with Gasteiger partial charge in [-0.25, -0.2) is 0 Å². The molecule has 5 nitrogen and oxygen atoms in total. The Bertz CT molecular complexity index is 733. The fraction of sp³-hybridized carbons (Fsp3) is 0.474. The third kappa shape index (κ3) is 3.28. The fourth-order valence-electron chi connectivity index (χ4n) is 3.46. The Hall–Kier alpha value is -1.98. The molecule has 0 spiro atoms. The molecule has 2 unspecified atom stereocenters. The van der Waals surface area contributed by atoms with Gasteiger partial charge in [0, 0.05) is 11.6 Å². The Morgan fingerprint density at radius 3 is 2.62 bits per heavy atom. The molecule has 0 amide bonds. The zero-order chi connectivity index (χ0) is 17.3. The van der Waals surface area contributed by atoms with Crippen LogP contribution in [0.1, 0.15) is 42.2 Å². The van der Waals surface area contributed by atoms with Crippen LogP contribution >= 0.6 is 0 Å². The van der Waals surface area contributed by atoms with Crippen LogP contribution in [0.25, 0.3) is 11.3 Å². The molecular formula is C19H25N3O2. The van der Waals surface area contributed by atoms with Crippen molar-refractivity contribution in [1.82, 2.24) is 15.1 Å². The summed E-state index contributed by atoms with van der Waals surface area (Å²) in [5.74, 6) is 0.202. The standard InChI is InChI=1S/C19H25N3O2/c1-12-7-8-14(17(23)10-12)18-13(2)11-15(20-21-18)19(24)16-6-4-5-9-22(16)3/h7-8,10-11,16,19,23-24H,4-6,9H2,1-3H3. The Balaban J connectivity index is 1.89. The van der Waals surface area contributed by atoms with Crippen LogP contribution in [0.15, 0.2) is 24.3 Å². The zero-order valence-corrected chi connectivity index (χ0v) is 14.5. The smallest absolute Gasteiger partial charge is 0.125 e. The van der Waals surface area contributed by atoms with Crippen molar-refractivity contribution in [2.45, 2.75) is 45.3 Å². The Kier molecular flexibility index (Phi) is 4.83. The van der Waals surface area contributed by atoms with E-state index >= 15 is 0 Å². The summed E-state index contributed by atoms with van der Waals surface area (Å²) in [7, 11) is 2.05. The third-order valence-corrected chi connectivity index (χ3v) is 4.91. The fourth-order valence-corrected chi connectivity index (χ4v) is 3.46. The number of nitrogens with zero attached hydrogens (tertiary/aromatic N) is 3. The summed E-state index contributed by atoms with van der Waals surface area (Å²) in [4.78, 5) is 2.20. The van der Waals surface area contributed by atoms with Crippen LogP contribution in [0.3, 0.4) is 0 Å². The summed E-state index contributed by atoms with van der Waals surface area (Å²) in [6.45, 7) is 4.87. The predicted molar refractivity (Wildman–Crippen MR) is 93.8 cm³/mol. The van der Waals surface area contributed by atoms with E-state index in [1.165, 1.54) is 6.42 Å². The van der Waals surface area contributed by atoms with Gasteiger partial charge >= 0.3 is 0 Å². The molecule has 0 saturated carbocycles. The molecule has 1 aliphatic heterocycles. The van der Waals surface area contributed by atoms with E-state index in [9.17, 15) is 10.2 Å². The molecule has 2 N–H and O–H groups in total. The lowest BCUT2D eigenvalue weighted by Crippen LogP contribution is -2.40. The average Bonchev–Trinajstić information content (AvgIpc) is 2.55. The van der Waals surface area contributed by atoms with Gasteiger partial charge in [-0.05, 0) is 69.6 Å². The molecule has 1 fully saturated rings. The number of aliphatic hydroxyl groups excluding tert-OH is 1. The highest BCUT2D eigenvalue weighted by Gasteiger charge is 2.28. The van der Waals surface area contributed by atoms with Crippen LogP contribution in [0, 0.1) is 13.8 Å². The number of phenolic OH excluding ortho intramolecular Hbond substituents is 1. The third-order valence-electron chi connectivity index (χ3n) is 4.91. The van der Waals surface area contributed by atoms with Crippen molar-refractivity contribution in [3.63, 3.8) is 0 Å². The molecule has 0 radical (unpaired) electrons. The van der Waals surface area contributed by atoms with Gasteiger partial charge in [0.15, 0.2) is 0 Å². The molecule has 1 aliphatic rings. The van der Waals surface area contributed by atoms with Crippen molar-refractivity contribution in [3.8, 4) is 17.0 Å². The van der Waals surface area contributed by atoms with E-state index in [0.29, 0.717) is 17.0 Å². The van der Waals surface area contributed by atoms with Gasteiger partial charge in [-0.1, -0.05) is 12.5 Å². The van der Waals surface area contributed by atoms with Gasteiger partial charge in [0.1, 0.15) is 11.9 Å². The maximum absolute atomic E-state index is 10.7. The summed E-state index contributed by atoms with van der Waals surface area (Å²) in [5.41, 5.74) is 3.81. The number of benzene rings is 1. The van der Waals surface area contributed by atoms with Crippen LogP contribution in [-0.4, -0.2) is 44.9 Å². The van der Waals surface area contributed by atoms with E-state index in [1.54, 1.807) is 6.07 Å². The number of aromatic hydroxyl groups is 1. The number of phenols is 1. The molecule has 0 aliphatic carbocycles. The average molecular weight is 327 g/mol. The van der Waals surface area contributed by atoms with Gasteiger partial charge in [0.05, 0.1) is 11.4 Å². The van der Waals surface area contributed by atoms with Crippen LogP contribution in [0.4, 0.5) is 0 Å². The second-order valence-electron chi connectivity index (χ2n) is 6.81. The molecule has 0 bridgehead atoms. The zero-order valence-electron chi connectivity index (χ0n) is 14.5. The van der Waals surface area contributed by atoms with Crippen LogP contribution < -0.4 is 0 Å². The van der Waals surface area contributed by atoms with Gasteiger partial charge in [-0.2, -0.15) is 5.10 Å². The number of likely N-dealkylation sites (tertiary alicyclic amines) is 1. The van der Waals surface area contributed by atoms with E-state index in [2.05, 4.69) is 15.1 Å². The monoisotopic (exact) mass is 327 g/mol. The highest BCUT2D eigenvalue weighted by Crippen LogP contribution is 2.32. The Morgan fingerprint density at radius 2 is 1.96 bits per heavy atom. The summed E-state index contributed by atoms with van der Waals surface area (Å²) in [6, 6.07) is 7.49. The lowest BCUT2D eigenvalue weighted by Gasteiger charge is -2.35. The molecule has 1 aromatic carbocycles. The lowest BCUT2D eigenvalue weighted by atomic mass is 9.95. The van der Waals surface area contributed by atoms with Gasteiger partial charge in [-0.15, -0.1) is 5.10 Å². The number of aryl methyl sites for hydroxylation is 2. The molecule has 24 heavy (non-hydrogen) atoms. The molecule has 2 heterocycles. The SMILES string of the molecule is Cc1ccc(-c2nnc(C(O)C3CCCCN3C)cc2C)c(O)c1. The first kappa shape index (κ1) is 16.9. The van der Waals surface area contributed by atoms with E-state index < -0.39 is 6.10 Å². The summed E-state index contributed by atoms with van der Waals surface area (Å²) in [5, 5.41) is 29.4. The largest absolute Gasteiger partial charge is 0.507 e. The molecule has 1 aromatic heterocycles. The quantitative estimate of drug-likeness (QED) is 0.907. The first-order chi connectivity index (χ1) is 11.5. The summed E-state index contributed by atoms with van der Waals surface area (Å²) < 4.78 is 0. The van der Waals surface area contributed by atoms with Gasteiger partial charge in [0.2, 0.25) is 0 Å². The molecule has 3 rings (SSSR count). The van der Waals surface area contributed by atoms with Crippen molar-refractivity contribution in [3.05, 3.63) is 41.1 Å². The first-order valence-corrected chi connectivity index (χ1v) is 8.50. The highest BCUT2D eigenvalue weighted by molar-refractivity contribution is 5.69. The number of piperidine rings is 1. The summed E-state index contributed by atoms with van der Waals surface area (Å²) >= 11 is 0. The number of hydrogen-bond donors (Lipinski definition) is 2. The van der Waals surface area contributed by atoms with Crippen LogP contribution in [0.5, 0.6) is 5.75 Å². The van der Waals surface area contributed by atoms with Crippen molar-refractivity contribution in [2.24, 2.45) is 0 Å². The second kappa shape index (κ2) is 6.87. The predicted octanol–water partition coefficient (Wildman–Crippen LogP) is 2.98. The topological polar surface area (TPSA) is 69.5 Å². The number of hydrogen-bond acceptors (Lipinski definition) is 5. The molecule has 2 atom stereocenters. The molecule has 128 valence electrons. The highest BCUT2D eigenvalue weighted by atomic mass is 16.3. The molecule has 5 heteroatoms. The van der Waals surface area contributed by atoms with Crippen molar-refractivity contribution >= 4 is 0 Å². The minimum atomic E-state index is -0.637. The maximum atomic E-state index is 10.7. The van der Waals surface area contributed by atoms with Crippen molar-refractivity contribution in [2.75, 3.05) is 13.6 Å². The van der Waals surface area contributed by atoms with E-state index in [-0.39, 0.29) is 11.8 Å². The maximum Gasteiger partial charge on any atom is 0.125 e. The van der Waals surface area contributed by atoms with Gasteiger partial charge in [-0.3, -0.25) is 0 Å². The molecular weight excluding hydrogens is 302 g/mol. The minimum Gasteiger partial charge on any atom is -0.507 e. The summed E-state index contributed by atoms with van der Waals surface area (Å²) in [6.07, 6.45) is 2.64. The number of aliphatic hydroxyl groups is 1. The lowest BCUT2D eigenvalue weighted by molar-refractivity contribution is 0.0371. The normalized spacial score (nSPS) is 20.1. The number of likely N-dealkylation sites (N-methyl/N-ethyl adjacent to an activating group) is 1. The van der Waals surface area contributed by atoms with E-state index in [0.717, 1.165) is 30.5 Å². The Morgan fingerprint density at radius 1 is 1.17 bits per heavy atom. The van der Waals surface area contributed by atoms with Crippen LogP contribution in [-0.2, 0) is 0 Å². The van der Waals surface area contributed by atoms with Gasteiger partial charge in [0.25, 0.3) is 0 Å². The van der Waals surface area contributed by atoms with Gasteiger partial charge < -0.3 is 15.1 Å². The minimum absolute atomic E-state index is 0.0890. The Labute approximate surface area is 143 Å². The molecule has 2 aromatic rings.